The number of aryl methyl sites for hydroxylation is 1. The molecule has 0 atom stereocenters. The van der Waals surface area contributed by atoms with Gasteiger partial charge in [0, 0.05) is 25.5 Å². The summed E-state index contributed by atoms with van der Waals surface area (Å²) in [5, 5.41) is 3.92. The highest BCUT2D eigenvalue weighted by Gasteiger charge is 2.35. The molecule has 0 bridgehead atoms. The molecule has 0 spiro atoms. The van der Waals surface area contributed by atoms with Crippen molar-refractivity contribution >= 4 is 5.91 Å². The van der Waals surface area contributed by atoms with E-state index in [1.54, 1.807) is 18.5 Å². The Labute approximate surface area is 144 Å². The molecule has 0 radical (unpaired) electrons. The van der Waals surface area contributed by atoms with E-state index in [1.165, 1.54) is 0 Å². The quantitative estimate of drug-likeness (QED) is 0.725. The van der Waals surface area contributed by atoms with Crippen molar-refractivity contribution in [1.29, 1.82) is 0 Å². The Kier molecular flexibility index (Phi) is 3.97. The molecule has 126 valence electrons. The van der Waals surface area contributed by atoms with E-state index in [0.717, 1.165) is 11.1 Å². The number of rotatable bonds is 4. The van der Waals surface area contributed by atoms with Crippen molar-refractivity contribution in [3.8, 4) is 11.6 Å². The van der Waals surface area contributed by atoms with E-state index < -0.39 is 0 Å². The van der Waals surface area contributed by atoms with E-state index in [0.29, 0.717) is 37.0 Å². The number of hydrogen-bond acceptors (Lipinski definition) is 6. The van der Waals surface area contributed by atoms with Gasteiger partial charge in [-0.05, 0) is 18.6 Å². The molecule has 2 aromatic heterocycles. The maximum absolute atomic E-state index is 12.3. The molecule has 1 aliphatic heterocycles. The summed E-state index contributed by atoms with van der Waals surface area (Å²) in [7, 11) is 0. The maximum Gasteiger partial charge on any atom is 0.240 e. The number of nitrogens with zero attached hydrogens (tertiary/aromatic N) is 5. The average Bonchev–Trinajstić information content (AvgIpc) is 3.04. The fourth-order valence-electron chi connectivity index (χ4n) is 2.85. The maximum atomic E-state index is 12.3. The molecule has 1 aliphatic rings. The number of carbonyl (C=O) groups is 1. The molecular weight excluding hydrogens is 318 g/mol. The summed E-state index contributed by atoms with van der Waals surface area (Å²) in [6.45, 7) is 3.22. The molecule has 25 heavy (non-hydrogen) atoms. The van der Waals surface area contributed by atoms with Gasteiger partial charge in [-0.15, -0.1) is 0 Å². The predicted octanol–water partition coefficient (Wildman–Crippen LogP) is 2.00. The minimum absolute atomic E-state index is 0.0754. The topological polar surface area (TPSA) is 85.0 Å². The van der Waals surface area contributed by atoms with Crippen LogP contribution in [0.1, 0.15) is 22.9 Å². The van der Waals surface area contributed by atoms with Crippen LogP contribution in [-0.4, -0.2) is 44.0 Å². The van der Waals surface area contributed by atoms with Crippen LogP contribution in [0.2, 0.25) is 0 Å². The molecule has 0 N–H and O–H groups in total. The lowest BCUT2D eigenvalue weighted by molar-refractivity contribution is -0.135. The van der Waals surface area contributed by atoms with E-state index in [4.69, 9.17) is 4.52 Å². The van der Waals surface area contributed by atoms with Crippen molar-refractivity contribution in [2.24, 2.45) is 0 Å². The number of aromatic nitrogens is 4. The zero-order chi connectivity index (χ0) is 17.2. The molecule has 7 heteroatoms. The first-order chi connectivity index (χ1) is 12.2. The highest BCUT2D eigenvalue weighted by molar-refractivity contribution is 5.79. The highest BCUT2D eigenvalue weighted by atomic mass is 16.5. The zero-order valence-corrected chi connectivity index (χ0v) is 13.8. The number of carbonyl (C=O) groups excluding carboxylic acids is 1. The molecule has 0 aliphatic carbocycles. The first-order valence-electron chi connectivity index (χ1n) is 8.13. The Balaban J connectivity index is 1.36. The van der Waals surface area contributed by atoms with E-state index in [2.05, 4.69) is 20.1 Å². The van der Waals surface area contributed by atoms with Crippen LogP contribution in [0.3, 0.4) is 0 Å². The third kappa shape index (κ3) is 3.26. The Hall–Kier alpha value is -3.09. The van der Waals surface area contributed by atoms with E-state index in [-0.39, 0.29) is 11.8 Å². The van der Waals surface area contributed by atoms with Gasteiger partial charge < -0.3 is 9.42 Å². The van der Waals surface area contributed by atoms with Gasteiger partial charge in [0.25, 0.3) is 0 Å². The first kappa shape index (κ1) is 15.4. The van der Waals surface area contributed by atoms with Crippen molar-refractivity contribution < 1.29 is 9.32 Å². The van der Waals surface area contributed by atoms with E-state index in [1.807, 2.05) is 36.1 Å². The monoisotopic (exact) mass is 335 g/mol. The molecule has 1 saturated heterocycles. The molecule has 0 saturated carbocycles. The van der Waals surface area contributed by atoms with Gasteiger partial charge >= 0.3 is 0 Å². The van der Waals surface area contributed by atoms with Crippen molar-refractivity contribution in [3.05, 3.63) is 59.7 Å². The molecular formula is C18H17N5O2. The average molecular weight is 335 g/mol. The third-order valence-corrected chi connectivity index (χ3v) is 4.23. The van der Waals surface area contributed by atoms with Gasteiger partial charge in [0.1, 0.15) is 0 Å². The smallest absolute Gasteiger partial charge is 0.240 e. The Morgan fingerprint density at radius 2 is 2.00 bits per heavy atom. The highest BCUT2D eigenvalue weighted by Crippen LogP contribution is 2.27. The second kappa shape index (κ2) is 6.43. The van der Waals surface area contributed by atoms with Crippen LogP contribution in [0.15, 0.2) is 47.2 Å². The van der Waals surface area contributed by atoms with Crippen LogP contribution in [0.4, 0.5) is 0 Å². The number of hydrogen-bond donors (Lipinski definition) is 0. The third-order valence-electron chi connectivity index (χ3n) is 4.23. The Bertz CT molecular complexity index is 887. The summed E-state index contributed by atoms with van der Waals surface area (Å²) in [5.41, 5.74) is 2.20. The standard InChI is InChI=1S/C18H17N5O2/c1-12-4-2-5-13(8-12)9-15(24)23-10-14(11-23)18-21-17(22-25-18)16-19-6-3-7-20-16/h2-8,14H,9-11H2,1H3. The molecule has 1 fully saturated rings. The first-order valence-corrected chi connectivity index (χ1v) is 8.13. The summed E-state index contributed by atoms with van der Waals surface area (Å²) in [4.78, 5) is 26.7. The molecule has 1 amide bonds. The lowest BCUT2D eigenvalue weighted by Gasteiger charge is -2.37. The molecule has 3 heterocycles. The lowest BCUT2D eigenvalue weighted by Crippen LogP contribution is -2.49. The van der Waals surface area contributed by atoms with Crippen molar-refractivity contribution in [1.82, 2.24) is 25.0 Å². The fraction of sp³-hybridized carbons (Fsp3) is 0.278. The number of likely N-dealkylation sites (tertiary alicyclic amines) is 1. The predicted molar refractivity (Wildman–Crippen MR) is 89.5 cm³/mol. The second-order valence-electron chi connectivity index (χ2n) is 6.19. The summed E-state index contributed by atoms with van der Waals surface area (Å²) in [6, 6.07) is 9.75. The van der Waals surface area contributed by atoms with Gasteiger partial charge in [-0.2, -0.15) is 4.98 Å². The largest absolute Gasteiger partial charge is 0.341 e. The van der Waals surface area contributed by atoms with Gasteiger partial charge in [0.15, 0.2) is 0 Å². The molecule has 0 unspecified atom stereocenters. The summed E-state index contributed by atoms with van der Waals surface area (Å²) < 4.78 is 5.31. The van der Waals surface area contributed by atoms with E-state index >= 15 is 0 Å². The fourth-order valence-corrected chi connectivity index (χ4v) is 2.85. The second-order valence-corrected chi connectivity index (χ2v) is 6.19. The molecule has 4 rings (SSSR count). The van der Waals surface area contributed by atoms with Crippen LogP contribution in [0.25, 0.3) is 11.6 Å². The van der Waals surface area contributed by atoms with Gasteiger partial charge in [-0.1, -0.05) is 35.0 Å². The molecule has 3 aromatic rings. The Morgan fingerprint density at radius 1 is 1.20 bits per heavy atom. The minimum Gasteiger partial charge on any atom is -0.341 e. The SMILES string of the molecule is Cc1cccc(CC(=O)N2CC(c3nc(-c4ncccn4)no3)C2)c1. The van der Waals surface area contributed by atoms with Gasteiger partial charge in [-0.3, -0.25) is 4.79 Å². The normalized spacial score (nSPS) is 14.4. The number of benzene rings is 1. The number of amides is 1. The lowest BCUT2D eigenvalue weighted by atomic mass is 9.98. The van der Waals surface area contributed by atoms with Crippen molar-refractivity contribution in [2.75, 3.05) is 13.1 Å². The molecule has 1 aromatic carbocycles. The van der Waals surface area contributed by atoms with Crippen LogP contribution in [0, 0.1) is 6.92 Å². The van der Waals surface area contributed by atoms with Crippen LogP contribution < -0.4 is 0 Å². The molecule has 7 nitrogen and oxygen atoms in total. The van der Waals surface area contributed by atoms with Gasteiger partial charge in [0.05, 0.1) is 12.3 Å². The van der Waals surface area contributed by atoms with Crippen LogP contribution in [-0.2, 0) is 11.2 Å². The minimum atomic E-state index is 0.0754. The van der Waals surface area contributed by atoms with Gasteiger partial charge in [0.2, 0.25) is 23.4 Å². The zero-order valence-electron chi connectivity index (χ0n) is 13.8. The van der Waals surface area contributed by atoms with Crippen LogP contribution in [0.5, 0.6) is 0 Å². The van der Waals surface area contributed by atoms with Crippen LogP contribution >= 0.6 is 0 Å². The summed E-state index contributed by atoms with van der Waals surface area (Å²) in [6.07, 6.45) is 3.68. The summed E-state index contributed by atoms with van der Waals surface area (Å²) in [5.74, 6) is 1.53. The Morgan fingerprint density at radius 3 is 2.76 bits per heavy atom. The van der Waals surface area contributed by atoms with Crippen molar-refractivity contribution in [2.45, 2.75) is 19.3 Å². The summed E-state index contributed by atoms with van der Waals surface area (Å²) >= 11 is 0. The van der Waals surface area contributed by atoms with E-state index in [9.17, 15) is 4.79 Å². The van der Waals surface area contributed by atoms with Crippen molar-refractivity contribution in [3.63, 3.8) is 0 Å². The van der Waals surface area contributed by atoms with Gasteiger partial charge in [-0.25, -0.2) is 9.97 Å².